The highest BCUT2D eigenvalue weighted by Gasteiger charge is 2.28. The number of pyridine rings is 2. The number of nitrogens with zero attached hydrogens (tertiary/aromatic N) is 9. The van der Waals surface area contributed by atoms with Gasteiger partial charge in [-0.15, -0.1) is 22.7 Å². The molecule has 0 saturated carbocycles. The van der Waals surface area contributed by atoms with Crippen molar-refractivity contribution in [2.24, 2.45) is 0 Å². The fraction of sp³-hybridized carbons (Fsp3) is 0. The van der Waals surface area contributed by atoms with Gasteiger partial charge in [0.15, 0.2) is 23.3 Å². The summed E-state index contributed by atoms with van der Waals surface area (Å²) in [6, 6.07) is 131. The Balaban J connectivity index is 0.634. The molecule has 0 spiro atoms. The molecule has 0 radical (unpaired) electrons. The van der Waals surface area contributed by atoms with Crippen LogP contribution in [0.2, 0.25) is 0 Å². The van der Waals surface area contributed by atoms with Gasteiger partial charge in [0.1, 0.15) is 0 Å². The summed E-state index contributed by atoms with van der Waals surface area (Å²) in [7, 11) is 0. The van der Waals surface area contributed by atoms with Crippen LogP contribution in [-0.4, -0.2) is 44.0 Å². The van der Waals surface area contributed by atoms with Gasteiger partial charge in [0, 0.05) is 97.6 Å². The summed E-state index contributed by atoms with van der Waals surface area (Å²) in [6.45, 7) is 0. The Labute approximate surface area is 651 Å². The first-order valence-electron chi connectivity index (χ1n) is 37.5. The third kappa shape index (κ3) is 11.0. The average molecular weight is 1460 g/mol. The monoisotopic (exact) mass is 1460 g/mol. The standard InChI is InChI=1S/C101H61N9S2/c1-8-26-64(27-9-1)82-61-83(65-50-48-63(49-51-65)77-43-25-45-85-87(77)97-93(109(85)75-38-18-6-19-39-75)89-90(66-28-10-2-11-29-66)102-81-44-23-22-42-78(81)94(89)112-97)105-101(104-82)74-37-24-36-71(58-74)72-54-56-79-84(59-72)103-91(67-30-12-3-13-31-67)88-92-96(111-95(79)88)80-57-55-73(60-86(80)110(92)76-40-20-7-21-41-76)62-46-52-70(53-47-62)100-107-98(68-32-14-4-15-33-68)106-99(108-100)69-34-16-5-17-35-69/h1-61H. The number of para-hydroxylation sites is 3. The van der Waals surface area contributed by atoms with Crippen LogP contribution >= 0.6 is 22.7 Å². The molecule has 14 aromatic carbocycles. The van der Waals surface area contributed by atoms with Crippen molar-refractivity contribution in [3.63, 3.8) is 0 Å². The average Bonchev–Trinajstić information content (AvgIpc) is 1.54. The molecule has 8 aromatic heterocycles. The van der Waals surface area contributed by atoms with Gasteiger partial charge >= 0.3 is 0 Å². The molecule has 0 aliphatic heterocycles. The summed E-state index contributed by atoms with van der Waals surface area (Å²) in [5.74, 6) is 2.52. The lowest BCUT2D eigenvalue weighted by atomic mass is 9.98. The molecular formula is C101H61N9S2. The van der Waals surface area contributed by atoms with Gasteiger partial charge in [-0.25, -0.2) is 34.9 Å². The van der Waals surface area contributed by atoms with Crippen molar-refractivity contribution in [3.05, 3.63) is 370 Å². The highest BCUT2D eigenvalue weighted by Crippen LogP contribution is 2.52. The van der Waals surface area contributed by atoms with E-state index in [9.17, 15) is 0 Å². The fourth-order valence-electron chi connectivity index (χ4n) is 16.3. The van der Waals surface area contributed by atoms with Gasteiger partial charge in [0.05, 0.1) is 65.3 Å². The Hall–Kier alpha value is -14.5. The van der Waals surface area contributed by atoms with Gasteiger partial charge in [0.2, 0.25) is 0 Å². The number of thiophene rings is 2. The summed E-state index contributed by atoms with van der Waals surface area (Å²) in [4.78, 5) is 37.0. The number of aromatic nitrogens is 9. The molecule has 0 bridgehead atoms. The Kier molecular flexibility index (Phi) is 15.4. The van der Waals surface area contributed by atoms with E-state index in [1.807, 2.05) is 89.4 Å². The number of hydrogen-bond acceptors (Lipinski definition) is 9. The maximum atomic E-state index is 5.75. The zero-order chi connectivity index (χ0) is 73.7. The predicted octanol–water partition coefficient (Wildman–Crippen LogP) is 26.7. The minimum atomic E-state index is 0.618. The lowest BCUT2D eigenvalue weighted by Gasteiger charge is -2.13. The van der Waals surface area contributed by atoms with E-state index in [4.69, 9.17) is 34.9 Å². The molecule has 0 N–H and O–H groups in total. The number of benzene rings is 14. The molecule has 0 aliphatic carbocycles. The van der Waals surface area contributed by atoms with Crippen molar-refractivity contribution in [2.45, 2.75) is 0 Å². The summed E-state index contributed by atoms with van der Waals surface area (Å²) >= 11 is 3.72. The summed E-state index contributed by atoms with van der Waals surface area (Å²) in [5.41, 5.74) is 26.6. The largest absolute Gasteiger partial charge is 0.308 e. The minimum Gasteiger partial charge on any atom is -0.308 e. The first kappa shape index (κ1) is 64.7. The maximum Gasteiger partial charge on any atom is 0.164 e. The Bertz CT molecular complexity index is 7380. The first-order valence-corrected chi connectivity index (χ1v) is 39.1. The van der Waals surface area contributed by atoms with Gasteiger partial charge in [0.25, 0.3) is 0 Å². The van der Waals surface area contributed by atoms with Crippen LogP contribution in [0.3, 0.4) is 0 Å². The van der Waals surface area contributed by atoms with Crippen LogP contribution in [-0.2, 0) is 0 Å². The van der Waals surface area contributed by atoms with E-state index >= 15 is 0 Å². The number of rotatable bonds is 13. The van der Waals surface area contributed by atoms with Gasteiger partial charge in [-0.2, -0.15) is 0 Å². The molecule has 9 nitrogen and oxygen atoms in total. The summed E-state index contributed by atoms with van der Waals surface area (Å²) in [5, 5.41) is 6.92. The molecule has 0 amide bonds. The van der Waals surface area contributed by atoms with Crippen molar-refractivity contribution < 1.29 is 0 Å². The Morgan fingerprint density at radius 2 is 0.598 bits per heavy atom. The molecule has 112 heavy (non-hydrogen) atoms. The van der Waals surface area contributed by atoms with Crippen molar-refractivity contribution in [2.75, 3.05) is 0 Å². The maximum absolute atomic E-state index is 5.75. The van der Waals surface area contributed by atoms with Crippen molar-refractivity contribution in [1.82, 2.24) is 44.0 Å². The topological polar surface area (TPSA) is 100 Å². The van der Waals surface area contributed by atoms with Crippen molar-refractivity contribution in [3.8, 4) is 135 Å². The fourth-order valence-corrected chi connectivity index (χ4v) is 19.0. The summed E-state index contributed by atoms with van der Waals surface area (Å²) in [6.07, 6.45) is 0. The van der Waals surface area contributed by atoms with E-state index < -0.39 is 0 Å². The van der Waals surface area contributed by atoms with Crippen molar-refractivity contribution in [1.29, 1.82) is 0 Å². The summed E-state index contributed by atoms with van der Waals surface area (Å²) < 4.78 is 9.76. The molecule has 0 atom stereocenters. The van der Waals surface area contributed by atoms with Crippen LogP contribution in [0, 0.1) is 0 Å². The van der Waals surface area contributed by atoms with E-state index in [0.29, 0.717) is 23.3 Å². The normalized spacial score (nSPS) is 11.8. The molecule has 0 aliphatic rings. The van der Waals surface area contributed by atoms with Crippen LogP contribution in [0.4, 0.5) is 0 Å². The van der Waals surface area contributed by atoms with E-state index in [2.05, 4.69) is 312 Å². The van der Waals surface area contributed by atoms with Crippen LogP contribution < -0.4 is 0 Å². The smallest absolute Gasteiger partial charge is 0.164 e. The molecular weight excluding hydrogens is 1400 g/mol. The molecule has 22 aromatic rings. The molecule has 522 valence electrons. The second kappa shape index (κ2) is 26.7. The van der Waals surface area contributed by atoms with Crippen LogP contribution in [0.25, 0.3) is 220 Å². The van der Waals surface area contributed by atoms with E-state index in [1.165, 1.54) is 35.1 Å². The molecule has 0 unspecified atom stereocenters. The lowest BCUT2D eigenvalue weighted by molar-refractivity contribution is 1.07. The van der Waals surface area contributed by atoms with Crippen LogP contribution in [0.1, 0.15) is 0 Å². The molecule has 8 heterocycles. The molecule has 0 saturated heterocycles. The second-order valence-corrected chi connectivity index (χ2v) is 30.3. The van der Waals surface area contributed by atoms with Crippen LogP contribution in [0.15, 0.2) is 370 Å². The zero-order valence-electron chi connectivity index (χ0n) is 60.1. The van der Waals surface area contributed by atoms with Gasteiger partial charge in [-0.1, -0.05) is 309 Å². The van der Waals surface area contributed by atoms with Gasteiger partial charge < -0.3 is 9.13 Å². The van der Waals surface area contributed by atoms with E-state index in [1.54, 1.807) is 0 Å². The lowest BCUT2D eigenvalue weighted by Crippen LogP contribution is -2.00. The quantitative estimate of drug-likeness (QED) is 0.113. The zero-order valence-corrected chi connectivity index (χ0v) is 61.7. The first-order chi connectivity index (χ1) is 55.5. The second-order valence-electron chi connectivity index (χ2n) is 28.2. The van der Waals surface area contributed by atoms with Gasteiger partial charge in [-0.05, 0) is 94.0 Å². The van der Waals surface area contributed by atoms with Gasteiger partial charge in [-0.3, -0.25) is 0 Å². The Morgan fingerprint density at radius 3 is 1.20 bits per heavy atom. The number of hydrogen-bond donors (Lipinski definition) is 0. The third-order valence-corrected chi connectivity index (χ3v) is 24.1. The Morgan fingerprint density at radius 1 is 0.205 bits per heavy atom. The highest BCUT2D eigenvalue weighted by atomic mass is 32.1. The molecule has 0 fully saturated rings. The highest BCUT2D eigenvalue weighted by molar-refractivity contribution is 7.28. The molecule has 11 heteroatoms. The van der Waals surface area contributed by atoms with Crippen LogP contribution in [0.5, 0.6) is 0 Å². The van der Waals surface area contributed by atoms with Crippen molar-refractivity contribution >= 4 is 107 Å². The minimum absolute atomic E-state index is 0.618. The SMILES string of the molecule is c1ccc(-c2cc(-c3ccc(-c4cccc5c4c4sc6c7ccccc7nc(-c7ccccc7)c6c4n5-c4ccccc4)cc3)nc(-c3cccc(-c4ccc5c(c4)nc(-c4ccccc4)c4c5sc5c6ccc(-c7ccc(-c8nc(-c9ccccc9)nc(-c9ccccc9)n8)cc7)cc6n(-c6ccccc6)c54)c3)n2)cc1. The third-order valence-electron chi connectivity index (χ3n) is 21.6. The van der Waals surface area contributed by atoms with E-state index in [-0.39, 0.29) is 0 Å². The number of fused-ring (bicyclic) bond motifs is 14. The van der Waals surface area contributed by atoms with E-state index in [0.717, 1.165) is 161 Å². The predicted molar refractivity (Wildman–Crippen MR) is 465 cm³/mol. The molecule has 22 rings (SSSR count).